The predicted octanol–water partition coefficient (Wildman–Crippen LogP) is 1.67. The van der Waals surface area contributed by atoms with Gasteiger partial charge in [0, 0.05) is 64.1 Å². The fraction of sp³-hybridized carbons (Fsp3) is 0.471. The van der Waals surface area contributed by atoms with Gasteiger partial charge in [0.15, 0.2) is 0 Å². The molecule has 0 aliphatic carbocycles. The van der Waals surface area contributed by atoms with Crippen molar-refractivity contribution in [1.29, 1.82) is 0 Å². The number of nitrogens with zero attached hydrogens (tertiary/aromatic N) is 5. The van der Waals surface area contributed by atoms with Gasteiger partial charge in [-0.25, -0.2) is 9.97 Å². The molecule has 0 radical (unpaired) electrons. The van der Waals surface area contributed by atoms with E-state index in [2.05, 4.69) is 31.2 Å². The third-order valence-corrected chi connectivity index (χ3v) is 4.15. The highest BCUT2D eigenvalue weighted by atomic mass is 15.2. The highest BCUT2D eigenvalue weighted by Crippen LogP contribution is 2.17. The first-order valence-corrected chi connectivity index (χ1v) is 8.09. The van der Waals surface area contributed by atoms with Gasteiger partial charge in [0.05, 0.1) is 0 Å². The Hall–Kier alpha value is -2.21. The van der Waals surface area contributed by atoms with Crippen molar-refractivity contribution in [3.05, 3.63) is 42.5 Å². The number of pyridine rings is 1. The monoisotopic (exact) mass is 312 g/mol. The number of anilines is 2. The smallest absolute Gasteiger partial charge is 0.133 e. The number of hydrogen-bond donors (Lipinski definition) is 1. The van der Waals surface area contributed by atoms with Crippen molar-refractivity contribution in [2.45, 2.75) is 18.9 Å². The van der Waals surface area contributed by atoms with Crippen LogP contribution in [0.4, 0.5) is 11.6 Å². The summed E-state index contributed by atoms with van der Waals surface area (Å²) < 4.78 is 0. The molecule has 6 heteroatoms. The van der Waals surface area contributed by atoms with E-state index in [-0.39, 0.29) is 0 Å². The van der Waals surface area contributed by atoms with Gasteiger partial charge < -0.3 is 15.1 Å². The van der Waals surface area contributed by atoms with Gasteiger partial charge in [-0.2, -0.15) is 0 Å². The summed E-state index contributed by atoms with van der Waals surface area (Å²) in [6.45, 7) is 3.23. The maximum atomic E-state index is 4.39. The molecule has 1 atom stereocenters. The van der Waals surface area contributed by atoms with Crippen molar-refractivity contribution in [3.63, 3.8) is 0 Å². The first-order chi connectivity index (χ1) is 11.2. The molecule has 23 heavy (non-hydrogen) atoms. The Morgan fingerprint density at radius 1 is 1.26 bits per heavy atom. The molecule has 0 saturated carbocycles. The van der Waals surface area contributed by atoms with E-state index in [0.29, 0.717) is 6.04 Å². The van der Waals surface area contributed by atoms with E-state index in [1.54, 1.807) is 6.33 Å². The fourth-order valence-electron chi connectivity index (χ4n) is 2.85. The first-order valence-electron chi connectivity index (χ1n) is 8.09. The summed E-state index contributed by atoms with van der Waals surface area (Å²) in [7, 11) is 3.97. The van der Waals surface area contributed by atoms with Crippen LogP contribution < -0.4 is 10.2 Å². The summed E-state index contributed by atoms with van der Waals surface area (Å²) in [6, 6.07) is 8.55. The molecule has 3 rings (SSSR count). The van der Waals surface area contributed by atoms with Crippen LogP contribution in [0.2, 0.25) is 0 Å². The minimum absolute atomic E-state index is 0.448. The molecule has 1 unspecified atom stereocenters. The van der Waals surface area contributed by atoms with Crippen LogP contribution in [0.5, 0.6) is 0 Å². The number of hydrogen-bond acceptors (Lipinski definition) is 6. The average molecular weight is 312 g/mol. The standard InChI is InChI=1S/C17H24N6/c1-22(2)17-11-16(19-13-20-17)21-15-7-10-23(12-15)9-6-14-5-3-4-8-18-14/h3-5,8,11,13,15H,6-7,9-10,12H2,1-2H3,(H,19,20,21). The minimum Gasteiger partial charge on any atom is -0.366 e. The molecule has 2 aromatic rings. The van der Waals surface area contributed by atoms with Gasteiger partial charge in [0.25, 0.3) is 0 Å². The van der Waals surface area contributed by atoms with Gasteiger partial charge in [0.2, 0.25) is 0 Å². The molecule has 1 aliphatic rings. The third kappa shape index (κ3) is 4.39. The van der Waals surface area contributed by atoms with Gasteiger partial charge in [-0.3, -0.25) is 4.98 Å². The Bertz CT molecular complexity index is 615. The molecular formula is C17H24N6. The fourth-order valence-corrected chi connectivity index (χ4v) is 2.85. The Morgan fingerprint density at radius 3 is 2.96 bits per heavy atom. The Kier molecular flexibility index (Phi) is 5.02. The van der Waals surface area contributed by atoms with Crippen molar-refractivity contribution in [2.75, 3.05) is 43.9 Å². The van der Waals surface area contributed by atoms with Crippen LogP contribution >= 0.6 is 0 Å². The zero-order valence-electron chi connectivity index (χ0n) is 13.8. The predicted molar refractivity (Wildman–Crippen MR) is 92.8 cm³/mol. The number of rotatable bonds is 6. The molecule has 1 saturated heterocycles. The second-order valence-electron chi connectivity index (χ2n) is 6.16. The van der Waals surface area contributed by atoms with Crippen molar-refractivity contribution in [3.8, 4) is 0 Å². The van der Waals surface area contributed by atoms with E-state index < -0.39 is 0 Å². The van der Waals surface area contributed by atoms with Crippen molar-refractivity contribution in [2.24, 2.45) is 0 Å². The maximum Gasteiger partial charge on any atom is 0.133 e. The van der Waals surface area contributed by atoms with Crippen LogP contribution in [0.3, 0.4) is 0 Å². The summed E-state index contributed by atoms with van der Waals surface area (Å²) in [5, 5.41) is 3.53. The Morgan fingerprint density at radius 2 is 2.17 bits per heavy atom. The highest BCUT2D eigenvalue weighted by molar-refractivity contribution is 5.48. The summed E-state index contributed by atoms with van der Waals surface area (Å²) in [6.07, 6.45) is 5.63. The largest absolute Gasteiger partial charge is 0.366 e. The summed E-state index contributed by atoms with van der Waals surface area (Å²) in [5.74, 6) is 1.83. The molecular weight excluding hydrogens is 288 g/mol. The van der Waals surface area contributed by atoms with E-state index in [0.717, 1.165) is 49.8 Å². The van der Waals surface area contributed by atoms with Crippen molar-refractivity contribution >= 4 is 11.6 Å². The topological polar surface area (TPSA) is 57.2 Å². The highest BCUT2D eigenvalue weighted by Gasteiger charge is 2.22. The van der Waals surface area contributed by atoms with Crippen LogP contribution in [-0.2, 0) is 6.42 Å². The minimum atomic E-state index is 0.448. The zero-order valence-corrected chi connectivity index (χ0v) is 13.8. The Labute approximate surface area is 137 Å². The lowest BCUT2D eigenvalue weighted by atomic mass is 10.2. The molecule has 1 N–H and O–H groups in total. The number of aromatic nitrogens is 3. The molecule has 0 amide bonds. The average Bonchev–Trinajstić information content (AvgIpc) is 3.01. The van der Waals surface area contributed by atoms with Gasteiger partial charge in [-0.1, -0.05) is 6.07 Å². The third-order valence-electron chi connectivity index (χ3n) is 4.15. The zero-order chi connectivity index (χ0) is 16.1. The lowest BCUT2D eigenvalue weighted by Gasteiger charge is -2.17. The van der Waals surface area contributed by atoms with Crippen LogP contribution in [0.1, 0.15) is 12.1 Å². The molecule has 0 aromatic carbocycles. The second kappa shape index (κ2) is 7.37. The van der Waals surface area contributed by atoms with Crippen LogP contribution in [0.15, 0.2) is 36.8 Å². The van der Waals surface area contributed by atoms with Crippen LogP contribution in [0, 0.1) is 0 Å². The quantitative estimate of drug-likeness (QED) is 0.875. The number of nitrogens with one attached hydrogen (secondary N) is 1. The van der Waals surface area contributed by atoms with E-state index in [1.165, 1.54) is 0 Å². The Balaban J connectivity index is 1.49. The van der Waals surface area contributed by atoms with Crippen molar-refractivity contribution in [1.82, 2.24) is 19.9 Å². The van der Waals surface area contributed by atoms with Crippen LogP contribution in [-0.4, -0.2) is 59.6 Å². The summed E-state index contributed by atoms with van der Waals surface area (Å²) in [5.41, 5.74) is 1.16. The molecule has 2 aromatic heterocycles. The van der Waals surface area contributed by atoms with E-state index in [9.17, 15) is 0 Å². The van der Waals surface area contributed by atoms with Gasteiger partial charge >= 0.3 is 0 Å². The lowest BCUT2D eigenvalue weighted by molar-refractivity contribution is 0.339. The molecule has 122 valence electrons. The molecule has 3 heterocycles. The van der Waals surface area contributed by atoms with Gasteiger partial charge in [-0.15, -0.1) is 0 Å². The molecule has 6 nitrogen and oxygen atoms in total. The normalized spacial score (nSPS) is 18.1. The van der Waals surface area contributed by atoms with E-state index in [1.807, 2.05) is 43.4 Å². The molecule has 0 bridgehead atoms. The lowest BCUT2D eigenvalue weighted by Crippen LogP contribution is -2.28. The van der Waals surface area contributed by atoms with E-state index >= 15 is 0 Å². The summed E-state index contributed by atoms with van der Waals surface area (Å²) >= 11 is 0. The summed E-state index contributed by atoms with van der Waals surface area (Å²) in [4.78, 5) is 17.4. The molecule has 1 aliphatic heterocycles. The maximum absolute atomic E-state index is 4.39. The number of likely N-dealkylation sites (tertiary alicyclic amines) is 1. The first kappa shape index (κ1) is 15.7. The second-order valence-corrected chi connectivity index (χ2v) is 6.16. The van der Waals surface area contributed by atoms with Gasteiger partial charge in [0.1, 0.15) is 18.0 Å². The van der Waals surface area contributed by atoms with Crippen LogP contribution in [0.25, 0.3) is 0 Å². The molecule has 1 fully saturated rings. The van der Waals surface area contributed by atoms with Crippen molar-refractivity contribution < 1.29 is 0 Å². The van der Waals surface area contributed by atoms with Gasteiger partial charge in [-0.05, 0) is 18.6 Å². The van der Waals surface area contributed by atoms with E-state index in [4.69, 9.17) is 0 Å². The SMILES string of the molecule is CN(C)c1cc(NC2CCN(CCc3ccccn3)C2)ncn1. The molecule has 0 spiro atoms.